The molecule has 19 heavy (non-hydrogen) atoms. The third-order valence-electron chi connectivity index (χ3n) is 2.76. The van der Waals surface area contributed by atoms with Gasteiger partial charge in [0.25, 0.3) is 0 Å². The smallest absolute Gasteiger partial charge is 0.244 e. The van der Waals surface area contributed by atoms with E-state index in [2.05, 4.69) is 0 Å². The van der Waals surface area contributed by atoms with Crippen LogP contribution in [-0.2, 0) is 23.2 Å². The number of hydrogen-bond acceptors (Lipinski definition) is 3. The maximum atomic E-state index is 10.5. The summed E-state index contributed by atoms with van der Waals surface area (Å²) in [5.41, 5.74) is 1.20. The zero-order valence-corrected chi connectivity index (χ0v) is 11.3. The molecule has 1 heterocycles. The summed E-state index contributed by atoms with van der Waals surface area (Å²) >= 11 is 0. The van der Waals surface area contributed by atoms with E-state index in [4.69, 9.17) is 0 Å². The van der Waals surface area contributed by atoms with Crippen molar-refractivity contribution >= 4 is 10.1 Å². The average Bonchev–Trinajstić information content (AvgIpc) is 2.76. The summed E-state index contributed by atoms with van der Waals surface area (Å²) < 4.78 is 35.4. The second-order valence-electron chi connectivity index (χ2n) is 4.42. The first-order chi connectivity index (χ1) is 9.03. The Morgan fingerprint density at radius 2 is 1.95 bits per heavy atom. The fraction of sp³-hybridized carbons (Fsp3) is 0.308. The van der Waals surface area contributed by atoms with Gasteiger partial charge in [-0.1, -0.05) is 30.3 Å². The van der Waals surface area contributed by atoms with Gasteiger partial charge in [0.2, 0.25) is 6.33 Å². The van der Waals surface area contributed by atoms with Crippen LogP contribution in [-0.4, -0.2) is 23.3 Å². The molecule has 0 spiro atoms. The molecule has 0 saturated heterocycles. The van der Waals surface area contributed by atoms with Gasteiger partial charge in [0.15, 0.2) is 0 Å². The van der Waals surface area contributed by atoms with E-state index in [0.717, 1.165) is 6.54 Å². The van der Waals surface area contributed by atoms with Crippen molar-refractivity contribution in [3.63, 3.8) is 0 Å². The Balaban J connectivity index is 1.89. The molecule has 0 atom stereocenters. The number of hydrogen-bond donors (Lipinski definition) is 0. The van der Waals surface area contributed by atoms with Gasteiger partial charge in [0.1, 0.15) is 18.9 Å². The molecule has 1 aromatic heterocycles. The second kappa shape index (κ2) is 5.99. The van der Waals surface area contributed by atoms with Crippen LogP contribution in [0.25, 0.3) is 0 Å². The first kappa shape index (κ1) is 13.8. The second-order valence-corrected chi connectivity index (χ2v) is 5.95. The first-order valence-electron chi connectivity index (χ1n) is 6.05. The van der Waals surface area contributed by atoms with Crippen molar-refractivity contribution in [1.82, 2.24) is 4.57 Å². The van der Waals surface area contributed by atoms with Crippen molar-refractivity contribution in [1.29, 1.82) is 0 Å². The largest absolute Gasteiger partial charge is 0.748 e. The summed E-state index contributed by atoms with van der Waals surface area (Å²) in [6.07, 6.45) is 6.05. The van der Waals surface area contributed by atoms with Gasteiger partial charge in [-0.15, -0.1) is 0 Å². The quantitative estimate of drug-likeness (QED) is 0.579. The average molecular weight is 280 g/mol. The highest BCUT2D eigenvalue weighted by Gasteiger charge is 2.05. The number of nitrogens with zero attached hydrogens (tertiary/aromatic N) is 2. The Bertz CT molecular complexity index is 620. The zero-order valence-electron chi connectivity index (χ0n) is 10.5. The molecule has 0 unspecified atom stereocenters. The van der Waals surface area contributed by atoms with Crippen molar-refractivity contribution < 1.29 is 17.5 Å². The summed E-state index contributed by atoms with van der Waals surface area (Å²) in [6.45, 7) is 1.30. The van der Waals surface area contributed by atoms with E-state index in [1.165, 1.54) is 5.56 Å². The van der Waals surface area contributed by atoms with E-state index < -0.39 is 10.1 Å². The predicted octanol–water partition coefficient (Wildman–Crippen LogP) is 0.759. The number of aryl methyl sites for hydroxylation is 1. The van der Waals surface area contributed by atoms with Gasteiger partial charge in [-0.3, -0.25) is 0 Å². The molecule has 0 aliphatic carbocycles. The molecule has 2 aromatic rings. The Morgan fingerprint density at radius 1 is 1.21 bits per heavy atom. The fourth-order valence-electron chi connectivity index (χ4n) is 1.88. The molecular weight excluding hydrogens is 264 g/mol. The topological polar surface area (TPSA) is 66.0 Å². The summed E-state index contributed by atoms with van der Waals surface area (Å²) in [4.78, 5) is 0. The summed E-state index contributed by atoms with van der Waals surface area (Å²) in [5, 5.41) is 0. The van der Waals surface area contributed by atoms with Crippen LogP contribution >= 0.6 is 0 Å². The summed E-state index contributed by atoms with van der Waals surface area (Å²) in [5.74, 6) is -0.316. The van der Waals surface area contributed by atoms with Crippen LogP contribution in [0.5, 0.6) is 0 Å². The number of aromatic nitrogens is 2. The molecule has 5 nitrogen and oxygen atoms in total. The van der Waals surface area contributed by atoms with E-state index in [-0.39, 0.29) is 5.75 Å². The van der Waals surface area contributed by atoms with Crippen LogP contribution in [0.4, 0.5) is 0 Å². The molecule has 0 bridgehead atoms. The highest BCUT2D eigenvalue weighted by Crippen LogP contribution is 1.98. The van der Waals surface area contributed by atoms with Crippen LogP contribution in [0.2, 0.25) is 0 Å². The number of rotatable bonds is 6. The highest BCUT2D eigenvalue weighted by molar-refractivity contribution is 7.85. The van der Waals surface area contributed by atoms with Crippen molar-refractivity contribution in [2.45, 2.75) is 19.5 Å². The van der Waals surface area contributed by atoms with Gasteiger partial charge >= 0.3 is 0 Å². The lowest BCUT2D eigenvalue weighted by Crippen LogP contribution is -2.31. The Kier molecular flexibility index (Phi) is 4.34. The van der Waals surface area contributed by atoms with Gasteiger partial charge in [0, 0.05) is 5.75 Å². The zero-order chi connectivity index (χ0) is 13.7. The lowest BCUT2D eigenvalue weighted by molar-refractivity contribution is -0.687. The van der Waals surface area contributed by atoms with Crippen molar-refractivity contribution in [3.05, 3.63) is 54.6 Å². The third kappa shape index (κ3) is 4.84. The highest BCUT2D eigenvalue weighted by atomic mass is 32.2. The summed E-state index contributed by atoms with van der Waals surface area (Å²) in [6, 6.07) is 10.1. The minimum Gasteiger partial charge on any atom is -0.748 e. The molecule has 6 heteroatoms. The van der Waals surface area contributed by atoms with Crippen LogP contribution in [0.15, 0.2) is 49.1 Å². The fourth-order valence-corrected chi connectivity index (χ4v) is 2.37. The molecule has 1 aromatic carbocycles. The molecule has 0 N–H and O–H groups in total. The predicted molar refractivity (Wildman–Crippen MR) is 69.4 cm³/mol. The Morgan fingerprint density at radius 3 is 2.63 bits per heavy atom. The van der Waals surface area contributed by atoms with Crippen molar-refractivity contribution in [2.75, 3.05) is 5.75 Å². The molecule has 0 radical (unpaired) electrons. The first-order valence-corrected chi connectivity index (χ1v) is 7.63. The van der Waals surface area contributed by atoms with Crippen LogP contribution in [0.1, 0.15) is 12.0 Å². The molecule has 0 amide bonds. The lowest BCUT2D eigenvalue weighted by atomic mass is 10.2. The normalized spacial score (nSPS) is 11.6. The lowest BCUT2D eigenvalue weighted by Gasteiger charge is -2.04. The number of imidazole rings is 1. The maximum Gasteiger partial charge on any atom is 0.244 e. The molecule has 0 fully saturated rings. The Labute approximate surface area is 112 Å². The van der Waals surface area contributed by atoms with Crippen molar-refractivity contribution in [3.8, 4) is 0 Å². The van der Waals surface area contributed by atoms with Gasteiger partial charge in [-0.2, -0.15) is 0 Å². The minimum atomic E-state index is -4.11. The van der Waals surface area contributed by atoms with Crippen LogP contribution in [0, 0.1) is 0 Å². The molecule has 2 rings (SSSR count). The van der Waals surface area contributed by atoms with Gasteiger partial charge in [0.05, 0.1) is 16.7 Å². The van der Waals surface area contributed by atoms with E-state index in [1.54, 1.807) is 0 Å². The van der Waals surface area contributed by atoms with E-state index in [1.807, 2.05) is 58.2 Å². The Hall–Kier alpha value is -1.66. The van der Waals surface area contributed by atoms with Crippen LogP contribution < -0.4 is 4.57 Å². The summed E-state index contributed by atoms with van der Waals surface area (Å²) in [7, 11) is -4.11. The standard InChI is InChI=1S/C13H16N2O3S/c16-19(17,18)10-4-7-14-8-9-15(12-14)11-13-5-2-1-3-6-13/h1-3,5-6,8-9,12H,4,7,10-11H2. The van der Waals surface area contributed by atoms with Gasteiger partial charge in [-0.05, 0) is 12.0 Å². The molecule has 102 valence electrons. The maximum absolute atomic E-state index is 10.5. The van der Waals surface area contributed by atoms with Gasteiger partial charge < -0.3 is 4.55 Å². The molecule has 0 saturated carbocycles. The minimum absolute atomic E-state index is 0.316. The van der Waals surface area contributed by atoms with Gasteiger partial charge in [-0.25, -0.2) is 17.6 Å². The monoisotopic (exact) mass is 280 g/mol. The molecule has 0 aliphatic heterocycles. The molecular formula is C13H16N2O3S. The van der Waals surface area contributed by atoms with Crippen LogP contribution in [0.3, 0.4) is 0 Å². The SMILES string of the molecule is O=S(=O)([O-])CCCn1cc[n+](Cc2ccccc2)c1. The van der Waals surface area contributed by atoms with E-state index in [0.29, 0.717) is 13.0 Å². The third-order valence-corrected chi connectivity index (χ3v) is 3.55. The number of benzene rings is 1. The molecule has 0 aliphatic rings. The van der Waals surface area contributed by atoms with E-state index in [9.17, 15) is 13.0 Å². The van der Waals surface area contributed by atoms with Crippen molar-refractivity contribution in [2.24, 2.45) is 0 Å². The van der Waals surface area contributed by atoms with E-state index >= 15 is 0 Å².